The molecule has 2 rings (SSSR count). The fraction of sp³-hybridized carbons (Fsp3) is 0.429. The molecule has 0 unspecified atom stereocenters. The van der Waals surface area contributed by atoms with Crippen molar-refractivity contribution >= 4 is 17.5 Å². The van der Waals surface area contributed by atoms with E-state index in [2.05, 4.69) is 5.32 Å². The van der Waals surface area contributed by atoms with E-state index in [-0.39, 0.29) is 23.7 Å². The number of anilines is 1. The van der Waals surface area contributed by atoms with Crippen LogP contribution in [0.1, 0.15) is 36.0 Å². The number of carbonyl (C=O) groups excluding carboxylic acids is 2. The van der Waals surface area contributed by atoms with Gasteiger partial charge in [-0.25, -0.2) is 4.39 Å². The molecule has 2 amide bonds. The van der Waals surface area contributed by atoms with Crippen LogP contribution in [0.15, 0.2) is 18.2 Å². The molecule has 1 aliphatic rings. The van der Waals surface area contributed by atoms with Crippen LogP contribution in [0.4, 0.5) is 10.1 Å². The topological polar surface area (TPSA) is 98.2 Å². The Morgan fingerprint density at radius 2 is 1.95 bits per heavy atom. The molecule has 5 nitrogen and oxygen atoms in total. The van der Waals surface area contributed by atoms with Gasteiger partial charge in [-0.1, -0.05) is 12.8 Å². The Hall–Kier alpha value is -1.95. The maximum absolute atomic E-state index is 13.7. The number of nitrogens with two attached hydrogens (primary N) is 2. The molecule has 1 aliphatic carbocycles. The van der Waals surface area contributed by atoms with Gasteiger partial charge < -0.3 is 16.8 Å². The fourth-order valence-corrected chi connectivity index (χ4v) is 2.60. The molecule has 0 atom stereocenters. The SMILES string of the molecule is NCC1(C(=O)Nc2cc(C(N)=O)ccc2F)CCCC1. The first kappa shape index (κ1) is 14.5. The Bertz CT molecular complexity index is 539. The summed E-state index contributed by atoms with van der Waals surface area (Å²) in [4.78, 5) is 23.4. The molecule has 0 radical (unpaired) electrons. The molecule has 0 bridgehead atoms. The minimum Gasteiger partial charge on any atom is -0.366 e. The van der Waals surface area contributed by atoms with E-state index in [1.165, 1.54) is 12.1 Å². The second kappa shape index (κ2) is 5.58. The van der Waals surface area contributed by atoms with Crippen molar-refractivity contribution < 1.29 is 14.0 Å². The van der Waals surface area contributed by atoms with E-state index in [1.54, 1.807) is 0 Å². The maximum Gasteiger partial charge on any atom is 0.248 e. The zero-order chi connectivity index (χ0) is 14.8. The summed E-state index contributed by atoms with van der Waals surface area (Å²) < 4.78 is 13.7. The van der Waals surface area contributed by atoms with Crippen LogP contribution in [0.3, 0.4) is 0 Å². The molecule has 1 aromatic carbocycles. The zero-order valence-electron chi connectivity index (χ0n) is 11.1. The predicted molar refractivity (Wildman–Crippen MR) is 73.5 cm³/mol. The number of nitrogens with one attached hydrogen (secondary N) is 1. The van der Waals surface area contributed by atoms with Crippen molar-refractivity contribution in [2.45, 2.75) is 25.7 Å². The molecule has 0 heterocycles. The van der Waals surface area contributed by atoms with Gasteiger partial charge in [0, 0.05) is 12.1 Å². The minimum atomic E-state index is -0.671. The third kappa shape index (κ3) is 2.65. The Labute approximate surface area is 116 Å². The summed E-state index contributed by atoms with van der Waals surface area (Å²) >= 11 is 0. The molecular formula is C14H18FN3O2. The normalized spacial score (nSPS) is 16.9. The molecule has 1 saturated carbocycles. The van der Waals surface area contributed by atoms with Gasteiger partial charge in [-0.2, -0.15) is 0 Å². The molecular weight excluding hydrogens is 261 g/mol. The molecule has 6 heteroatoms. The Kier molecular flexibility index (Phi) is 4.04. The van der Waals surface area contributed by atoms with Crippen molar-refractivity contribution in [2.24, 2.45) is 16.9 Å². The number of benzene rings is 1. The van der Waals surface area contributed by atoms with Crippen LogP contribution in [0.5, 0.6) is 0 Å². The summed E-state index contributed by atoms with van der Waals surface area (Å²) in [6.45, 7) is 0.232. The molecule has 1 aromatic rings. The summed E-state index contributed by atoms with van der Waals surface area (Å²) in [5.41, 5.74) is 10.3. The van der Waals surface area contributed by atoms with E-state index in [0.717, 1.165) is 18.9 Å². The van der Waals surface area contributed by atoms with E-state index in [0.29, 0.717) is 12.8 Å². The Balaban J connectivity index is 2.23. The van der Waals surface area contributed by atoms with Crippen molar-refractivity contribution in [1.29, 1.82) is 0 Å². The van der Waals surface area contributed by atoms with Crippen molar-refractivity contribution in [3.05, 3.63) is 29.6 Å². The fourth-order valence-electron chi connectivity index (χ4n) is 2.60. The van der Waals surface area contributed by atoms with Crippen molar-refractivity contribution in [1.82, 2.24) is 0 Å². The quantitative estimate of drug-likeness (QED) is 0.776. The Morgan fingerprint density at radius 1 is 1.30 bits per heavy atom. The summed E-state index contributed by atoms with van der Waals surface area (Å²) in [6, 6.07) is 3.63. The number of hydrogen-bond donors (Lipinski definition) is 3. The van der Waals surface area contributed by atoms with Crippen LogP contribution in [0, 0.1) is 11.2 Å². The summed E-state index contributed by atoms with van der Waals surface area (Å²) in [5, 5.41) is 2.54. The average molecular weight is 279 g/mol. The number of hydrogen-bond acceptors (Lipinski definition) is 3. The van der Waals surface area contributed by atoms with Crippen LogP contribution in [0.2, 0.25) is 0 Å². The van der Waals surface area contributed by atoms with Gasteiger partial charge in [0.05, 0.1) is 11.1 Å². The first-order valence-electron chi connectivity index (χ1n) is 6.59. The summed E-state index contributed by atoms with van der Waals surface area (Å²) in [7, 11) is 0. The van der Waals surface area contributed by atoms with Crippen molar-refractivity contribution in [2.75, 3.05) is 11.9 Å². The van der Waals surface area contributed by atoms with E-state index < -0.39 is 17.1 Å². The second-order valence-corrected chi connectivity index (χ2v) is 5.20. The van der Waals surface area contributed by atoms with Gasteiger partial charge >= 0.3 is 0 Å². The number of rotatable bonds is 4. The second-order valence-electron chi connectivity index (χ2n) is 5.20. The smallest absolute Gasteiger partial charge is 0.248 e. The lowest BCUT2D eigenvalue weighted by Crippen LogP contribution is -2.40. The van der Waals surface area contributed by atoms with Gasteiger partial charge in [-0.05, 0) is 31.0 Å². The molecule has 108 valence electrons. The van der Waals surface area contributed by atoms with Crippen LogP contribution in [-0.2, 0) is 4.79 Å². The van der Waals surface area contributed by atoms with E-state index in [4.69, 9.17) is 11.5 Å². The molecule has 0 aromatic heterocycles. The van der Waals surface area contributed by atoms with Gasteiger partial charge in [0.1, 0.15) is 5.82 Å². The number of halogens is 1. The highest BCUT2D eigenvalue weighted by Gasteiger charge is 2.40. The lowest BCUT2D eigenvalue weighted by atomic mass is 9.85. The van der Waals surface area contributed by atoms with Crippen LogP contribution < -0.4 is 16.8 Å². The van der Waals surface area contributed by atoms with Gasteiger partial charge in [-0.15, -0.1) is 0 Å². The van der Waals surface area contributed by atoms with E-state index >= 15 is 0 Å². The first-order chi connectivity index (χ1) is 9.48. The molecule has 20 heavy (non-hydrogen) atoms. The lowest BCUT2D eigenvalue weighted by Gasteiger charge is -2.25. The van der Waals surface area contributed by atoms with Crippen LogP contribution >= 0.6 is 0 Å². The highest BCUT2D eigenvalue weighted by molar-refractivity contribution is 5.98. The predicted octanol–water partition coefficient (Wildman–Crippen LogP) is 1.38. The average Bonchev–Trinajstić information content (AvgIpc) is 2.91. The zero-order valence-corrected chi connectivity index (χ0v) is 11.1. The number of amides is 2. The number of carbonyl (C=O) groups is 2. The number of primary amides is 1. The highest BCUT2D eigenvalue weighted by atomic mass is 19.1. The molecule has 1 fully saturated rings. The molecule has 0 aliphatic heterocycles. The van der Waals surface area contributed by atoms with E-state index in [1.807, 2.05) is 0 Å². The highest BCUT2D eigenvalue weighted by Crippen LogP contribution is 2.38. The summed E-state index contributed by atoms with van der Waals surface area (Å²) in [6.07, 6.45) is 3.28. The Morgan fingerprint density at radius 3 is 2.50 bits per heavy atom. The maximum atomic E-state index is 13.7. The van der Waals surface area contributed by atoms with Gasteiger partial charge in [0.2, 0.25) is 11.8 Å². The monoisotopic (exact) mass is 279 g/mol. The minimum absolute atomic E-state index is 0.0361. The molecule has 0 spiro atoms. The van der Waals surface area contributed by atoms with Gasteiger partial charge in [-0.3, -0.25) is 9.59 Å². The van der Waals surface area contributed by atoms with Gasteiger partial charge in [0.25, 0.3) is 0 Å². The standard InChI is InChI=1S/C14H18FN3O2/c15-10-4-3-9(12(17)19)7-11(10)18-13(20)14(8-16)5-1-2-6-14/h3-4,7H,1-2,5-6,8,16H2,(H2,17,19)(H,18,20). The van der Waals surface area contributed by atoms with E-state index in [9.17, 15) is 14.0 Å². The summed E-state index contributed by atoms with van der Waals surface area (Å²) in [5.74, 6) is -1.57. The third-order valence-electron chi connectivity index (χ3n) is 3.93. The van der Waals surface area contributed by atoms with Crippen molar-refractivity contribution in [3.63, 3.8) is 0 Å². The lowest BCUT2D eigenvalue weighted by molar-refractivity contribution is -0.124. The van der Waals surface area contributed by atoms with Crippen molar-refractivity contribution in [3.8, 4) is 0 Å². The molecule has 5 N–H and O–H groups in total. The largest absolute Gasteiger partial charge is 0.366 e. The van der Waals surface area contributed by atoms with Gasteiger partial charge in [0.15, 0.2) is 0 Å². The first-order valence-corrected chi connectivity index (χ1v) is 6.59. The van der Waals surface area contributed by atoms with Crippen LogP contribution in [0.25, 0.3) is 0 Å². The third-order valence-corrected chi connectivity index (χ3v) is 3.93. The van der Waals surface area contributed by atoms with Crippen LogP contribution in [-0.4, -0.2) is 18.4 Å². The molecule has 0 saturated heterocycles.